The third kappa shape index (κ3) is 6.12. The van der Waals surface area contributed by atoms with E-state index in [0.717, 1.165) is 5.69 Å². The lowest BCUT2D eigenvalue weighted by molar-refractivity contribution is 0.417. The quantitative estimate of drug-likeness (QED) is 0.202. The summed E-state index contributed by atoms with van der Waals surface area (Å²) in [5.74, 6) is 0.635. The lowest BCUT2D eigenvalue weighted by atomic mass is 10.2. The van der Waals surface area contributed by atoms with E-state index in [1.165, 1.54) is 4.31 Å². The van der Waals surface area contributed by atoms with Gasteiger partial charge in [0.25, 0.3) is 0 Å². The van der Waals surface area contributed by atoms with E-state index in [-0.39, 0.29) is 4.90 Å². The standard InChI is InChI=1S/C28H29Cl2N5O3S/c1-5-34(6-2)39(36,37)22-15-16-24(32-25-9-7-8-10-27(25)38-4)26(17-22)31-18-23-19(3)33-35(28(23)30)21-13-11-20(29)12-14-21/h7-18,32H,5-6H2,1-4H3. The van der Waals surface area contributed by atoms with Gasteiger partial charge < -0.3 is 10.1 Å². The van der Waals surface area contributed by atoms with E-state index in [2.05, 4.69) is 15.4 Å². The number of aromatic nitrogens is 2. The maximum atomic E-state index is 13.3. The predicted octanol–water partition coefficient (Wildman–Crippen LogP) is 7.02. The van der Waals surface area contributed by atoms with Crippen molar-refractivity contribution in [2.24, 2.45) is 4.99 Å². The van der Waals surface area contributed by atoms with Crippen molar-refractivity contribution in [2.45, 2.75) is 25.7 Å². The van der Waals surface area contributed by atoms with E-state index in [0.29, 0.717) is 57.3 Å². The van der Waals surface area contributed by atoms with Crippen molar-refractivity contribution < 1.29 is 13.2 Å². The van der Waals surface area contributed by atoms with Gasteiger partial charge in [-0.2, -0.15) is 9.40 Å². The summed E-state index contributed by atoms with van der Waals surface area (Å²) in [6.45, 7) is 6.16. The van der Waals surface area contributed by atoms with E-state index in [9.17, 15) is 8.42 Å². The highest BCUT2D eigenvalue weighted by Crippen LogP contribution is 2.35. The molecule has 0 aliphatic heterocycles. The molecule has 0 amide bonds. The Balaban J connectivity index is 1.80. The van der Waals surface area contributed by atoms with Gasteiger partial charge in [0.15, 0.2) is 0 Å². The third-order valence-electron chi connectivity index (χ3n) is 6.14. The number of nitrogens with zero attached hydrogens (tertiary/aromatic N) is 4. The van der Waals surface area contributed by atoms with Crippen LogP contribution in [-0.4, -0.2) is 48.9 Å². The molecule has 3 aromatic carbocycles. The van der Waals surface area contributed by atoms with Gasteiger partial charge in [-0.3, -0.25) is 4.99 Å². The maximum absolute atomic E-state index is 13.3. The molecule has 0 radical (unpaired) electrons. The fourth-order valence-electron chi connectivity index (χ4n) is 4.04. The normalized spacial score (nSPS) is 11.9. The molecule has 0 spiro atoms. The number of ether oxygens (including phenoxy) is 1. The van der Waals surface area contributed by atoms with E-state index in [1.807, 2.05) is 43.3 Å². The van der Waals surface area contributed by atoms with Crippen LogP contribution < -0.4 is 10.1 Å². The van der Waals surface area contributed by atoms with Crippen molar-refractivity contribution in [3.8, 4) is 11.4 Å². The van der Waals surface area contributed by atoms with Gasteiger partial charge in [0.1, 0.15) is 10.9 Å². The monoisotopic (exact) mass is 585 g/mol. The van der Waals surface area contributed by atoms with Gasteiger partial charge in [-0.1, -0.05) is 49.2 Å². The molecular formula is C28H29Cl2N5O3S. The molecule has 0 bridgehead atoms. The zero-order chi connectivity index (χ0) is 28.2. The molecule has 1 aromatic heterocycles. The Kier molecular flexibility index (Phi) is 8.97. The molecule has 4 rings (SSSR count). The van der Waals surface area contributed by atoms with Gasteiger partial charge in [0.2, 0.25) is 10.0 Å². The summed E-state index contributed by atoms with van der Waals surface area (Å²) in [6.07, 6.45) is 1.59. The molecule has 0 saturated carbocycles. The Morgan fingerprint density at radius 2 is 1.72 bits per heavy atom. The number of halogens is 2. The van der Waals surface area contributed by atoms with E-state index in [4.69, 9.17) is 27.9 Å². The van der Waals surface area contributed by atoms with Gasteiger partial charge >= 0.3 is 0 Å². The zero-order valence-corrected chi connectivity index (χ0v) is 24.3. The number of hydrogen-bond donors (Lipinski definition) is 1. The van der Waals surface area contributed by atoms with Crippen molar-refractivity contribution in [1.29, 1.82) is 0 Å². The van der Waals surface area contributed by atoms with Gasteiger partial charge in [-0.15, -0.1) is 0 Å². The Hall–Kier alpha value is -3.37. The average molecular weight is 587 g/mol. The van der Waals surface area contributed by atoms with Crippen LogP contribution in [0, 0.1) is 6.92 Å². The summed E-state index contributed by atoms with van der Waals surface area (Å²) in [5.41, 5.74) is 3.72. The van der Waals surface area contributed by atoms with Crippen LogP contribution >= 0.6 is 23.2 Å². The molecule has 4 aromatic rings. The second-order valence-electron chi connectivity index (χ2n) is 8.53. The summed E-state index contributed by atoms with van der Waals surface area (Å²) in [6, 6.07) is 19.4. The smallest absolute Gasteiger partial charge is 0.243 e. The predicted molar refractivity (Wildman–Crippen MR) is 158 cm³/mol. The molecule has 11 heteroatoms. The van der Waals surface area contributed by atoms with Crippen LogP contribution in [0.4, 0.5) is 17.1 Å². The molecule has 39 heavy (non-hydrogen) atoms. The number of methoxy groups -OCH3 is 1. The van der Waals surface area contributed by atoms with E-state index < -0.39 is 10.0 Å². The highest BCUT2D eigenvalue weighted by Gasteiger charge is 2.23. The Bertz CT molecular complexity index is 1600. The number of rotatable bonds is 10. The number of para-hydroxylation sites is 2. The first-order valence-corrected chi connectivity index (χ1v) is 14.5. The Morgan fingerprint density at radius 1 is 1.03 bits per heavy atom. The summed E-state index contributed by atoms with van der Waals surface area (Å²) >= 11 is 12.7. The molecule has 0 unspecified atom stereocenters. The number of benzene rings is 3. The number of aryl methyl sites for hydroxylation is 1. The van der Waals surface area contributed by atoms with Crippen molar-refractivity contribution in [3.05, 3.63) is 88.2 Å². The molecule has 1 heterocycles. The SMILES string of the molecule is CCN(CC)S(=O)(=O)c1ccc(Nc2ccccc2OC)c(N=Cc2c(C)nn(-c3ccc(Cl)cc3)c2Cl)c1. The second kappa shape index (κ2) is 12.2. The fraction of sp³-hybridized carbons (Fsp3) is 0.214. The van der Waals surface area contributed by atoms with Gasteiger partial charge in [0, 0.05) is 24.3 Å². The molecule has 1 N–H and O–H groups in total. The van der Waals surface area contributed by atoms with Crippen molar-refractivity contribution in [1.82, 2.24) is 14.1 Å². The van der Waals surface area contributed by atoms with Crippen LogP contribution in [0.2, 0.25) is 10.2 Å². The summed E-state index contributed by atoms with van der Waals surface area (Å²) in [7, 11) is -2.12. The molecule has 8 nitrogen and oxygen atoms in total. The topological polar surface area (TPSA) is 88.8 Å². The minimum Gasteiger partial charge on any atom is -0.495 e. The van der Waals surface area contributed by atoms with Crippen LogP contribution in [0.25, 0.3) is 5.69 Å². The Morgan fingerprint density at radius 3 is 2.38 bits per heavy atom. The fourth-order valence-corrected chi connectivity index (χ4v) is 5.96. The minimum absolute atomic E-state index is 0.142. The van der Waals surface area contributed by atoms with Gasteiger partial charge in [0.05, 0.1) is 46.0 Å². The highest BCUT2D eigenvalue weighted by atomic mass is 35.5. The average Bonchev–Trinajstić information content (AvgIpc) is 3.22. The molecule has 0 aliphatic carbocycles. The molecule has 0 saturated heterocycles. The lowest BCUT2D eigenvalue weighted by Gasteiger charge is -2.19. The third-order valence-corrected chi connectivity index (χ3v) is 8.80. The number of anilines is 2. The first-order chi connectivity index (χ1) is 18.7. The minimum atomic E-state index is -3.71. The molecule has 204 valence electrons. The number of hydrogen-bond acceptors (Lipinski definition) is 6. The van der Waals surface area contributed by atoms with Crippen LogP contribution in [0.15, 0.2) is 76.6 Å². The number of sulfonamides is 1. The highest BCUT2D eigenvalue weighted by molar-refractivity contribution is 7.89. The summed E-state index contributed by atoms with van der Waals surface area (Å²) in [4.78, 5) is 4.83. The van der Waals surface area contributed by atoms with Crippen molar-refractivity contribution >= 4 is 56.5 Å². The van der Waals surface area contributed by atoms with Gasteiger partial charge in [-0.25, -0.2) is 13.1 Å². The maximum Gasteiger partial charge on any atom is 0.243 e. The lowest BCUT2D eigenvalue weighted by Crippen LogP contribution is -2.30. The van der Waals surface area contributed by atoms with Crippen molar-refractivity contribution in [3.63, 3.8) is 0 Å². The first-order valence-electron chi connectivity index (χ1n) is 12.3. The second-order valence-corrected chi connectivity index (χ2v) is 11.3. The molecule has 0 atom stereocenters. The molecular weight excluding hydrogens is 557 g/mol. The zero-order valence-electron chi connectivity index (χ0n) is 22.0. The van der Waals surface area contributed by atoms with Gasteiger partial charge in [-0.05, 0) is 61.5 Å². The van der Waals surface area contributed by atoms with Crippen LogP contribution in [0.3, 0.4) is 0 Å². The number of nitrogens with one attached hydrogen (secondary N) is 1. The van der Waals surface area contributed by atoms with E-state index >= 15 is 0 Å². The molecule has 0 aliphatic rings. The Labute approximate surface area is 238 Å². The van der Waals surface area contributed by atoms with Crippen molar-refractivity contribution in [2.75, 3.05) is 25.5 Å². The largest absolute Gasteiger partial charge is 0.495 e. The summed E-state index contributed by atoms with van der Waals surface area (Å²) in [5, 5.41) is 8.84. The summed E-state index contributed by atoms with van der Waals surface area (Å²) < 4.78 is 35.0. The van der Waals surface area contributed by atoms with Crippen LogP contribution in [-0.2, 0) is 10.0 Å². The first kappa shape index (κ1) is 28.6. The number of aliphatic imine (C=N–C) groups is 1. The molecule has 0 fully saturated rings. The van der Waals surface area contributed by atoms with Crippen LogP contribution in [0.1, 0.15) is 25.1 Å². The van der Waals surface area contributed by atoms with Crippen LogP contribution in [0.5, 0.6) is 5.75 Å². The van der Waals surface area contributed by atoms with E-state index in [1.54, 1.807) is 62.2 Å².